The van der Waals surface area contributed by atoms with Gasteiger partial charge in [0, 0.05) is 30.9 Å². The number of fused-ring (bicyclic) bond motifs is 1. The lowest BCUT2D eigenvalue weighted by Gasteiger charge is -2.19. The zero-order chi connectivity index (χ0) is 17.1. The minimum absolute atomic E-state index is 0.113. The Bertz CT molecular complexity index is 932. The Kier molecular flexibility index (Phi) is 4.30. The molecule has 0 aliphatic rings. The Morgan fingerprint density at radius 1 is 1.17 bits per heavy atom. The molecule has 0 aliphatic carbocycles. The zero-order valence-electron chi connectivity index (χ0n) is 13.9. The molecular formula is C19H18N4O. The van der Waals surface area contributed by atoms with Crippen LogP contribution in [0.5, 0.6) is 0 Å². The van der Waals surface area contributed by atoms with Crippen LogP contribution < -0.4 is 0 Å². The quantitative estimate of drug-likeness (QED) is 0.683. The molecule has 2 aromatic heterocycles. The second kappa shape index (κ2) is 6.55. The molecule has 120 valence electrons. The van der Waals surface area contributed by atoms with Crippen molar-refractivity contribution < 1.29 is 4.79 Å². The summed E-state index contributed by atoms with van der Waals surface area (Å²) in [6.07, 6.45) is 1.77. The smallest absolute Gasteiger partial charge is 0.274 e. The molecule has 2 heterocycles. The number of amides is 1. The van der Waals surface area contributed by atoms with Crippen LogP contribution in [-0.2, 0) is 0 Å². The lowest BCUT2D eigenvalue weighted by molar-refractivity contribution is 0.0748. The molecule has 0 N–H and O–H groups in total. The number of carbonyl (C=O) groups excluding carboxylic acids is 1. The van der Waals surface area contributed by atoms with Gasteiger partial charge in [-0.2, -0.15) is 5.10 Å². The molecule has 0 spiro atoms. The predicted octanol–water partition coefficient (Wildman–Crippen LogP) is 2.61. The van der Waals surface area contributed by atoms with Crippen molar-refractivity contribution in [3.63, 3.8) is 0 Å². The molecular weight excluding hydrogens is 300 g/mol. The van der Waals surface area contributed by atoms with E-state index in [0.29, 0.717) is 17.0 Å². The molecule has 0 unspecified atom stereocenters. The number of hydrogen-bond acceptors (Lipinski definition) is 3. The molecule has 3 rings (SSSR count). The zero-order valence-corrected chi connectivity index (χ0v) is 13.9. The average Bonchev–Trinajstić information content (AvgIpc) is 3.02. The summed E-state index contributed by atoms with van der Waals surface area (Å²) in [5.74, 6) is 5.99. The molecule has 0 saturated carbocycles. The summed E-state index contributed by atoms with van der Waals surface area (Å²) in [4.78, 5) is 18.5. The summed E-state index contributed by atoms with van der Waals surface area (Å²) in [6.45, 7) is 3.92. The lowest BCUT2D eigenvalue weighted by Crippen LogP contribution is -2.33. The van der Waals surface area contributed by atoms with Crippen LogP contribution in [0.2, 0.25) is 0 Å². The van der Waals surface area contributed by atoms with Crippen LogP contribution in [0.25, 0.3) is 5.65 Å². The van der Waals surface area contributed by atoms with Crippen molar-refractivity contribution in [2.75, 3.05) is 7.05 Å². The van der Waals surface area contributed by atoms with Gasteiger partial charge < -0.3 is 4.90 Å². The highest BCUT2D eigenvalue weighted by molar-refractivity contribution is 5.93. The van der Waals surface area contributed by atoms with E-state index in [1.807, 2.05) is 44.2 Å². The van der Waals surface area contributed by atoms with Gasteiger partial charge in [0.1, 0.15) is 5.69 Å². The van der Waals surface area contributed by atoms with Crippen LogP contribution in [0.1, 0.15) is 35.6 Å². The molecule has 3 aromatic rings. The van der Waals surface area contributed by atoms with Crippen LogP contribution in [0, 0.1) is 11.8 Å². The van der Waals surface area contributed by atoms with E-state index < -0.39 is 0 Å². The summed E-state index contributed by atoms with van der Waals surface area (Å²) in [6, 6.07) is 13.3. The molecule has 1 aromatic carbocycles. The SMILES string of the molecule is CC(C)N(C)C(=O)c1cc2nc(C#Cc3ccccc3)ccn2n1. The van der Waals surface area contributed by atoms with E-state index in [0.717, 1.165) is 5.56 Å². The molecule has 5 nitrogen and oxygen atoms in total. The molecule has 0 radical (unpaired) electrons. The van der Waals surface area contributed by atoms with Crippen LogP contribution in [0.15, 0.2) is 48.7 Å². The van der Waals surface area contributed by atoms with Gasteiger partial charge in [0.2, 0.25) is 0 Å². The largest absolute Gasteiger partial charge is 0.338 e. The Labute approximate surface area is 140 Å². The van der Waals surface area contributed by atoms with Gasteiger partial charge in [0.15, 0.2) is 11.3 Å². The van der Waals surface area contributed by atoms with E-state index in [1.54, 1.807) is 34.8 Å². The minimum Gasteiger partial charge on any atom is -0.338 e. The molecule has 1 amide bonds. The van der Waals surface area contributed by atoms with Gasteiger partial charge in [-0.3, -0.25) is 4.79 Å². The first-order chi connectivity index (χ1) is 11.5. The van der Waals surface area contributed by atoms with Gasteiger partial charge in [-0.1, -0.05) is 24.1 Å². The summed E-state index contributed by atoms with van der Waals surface area (Å²) in [5.41, 5.74) is 2.56. The fourth-order valence-corrected chi connectivity index (χ4v) is 2.13. The van der Waals surface area contributed by atoms with Crippen molar-refractivity contribution in [2.24, 2.45) is 0 Å². The van der Waals surface area contributed by atoms with Crippen LogP contribution in [0.3, 0.4) is 0 Å². The summed E-state index contributed by atoms with van der Waals surface area (Å²) >= 11 is 0. The average molecular weight is 318 g/mol. The second-order valence-corrected chi connectivity index (χ2v) is 5.77. The third-order valence-electron chi connectivity index (χ3n) is 3.75. The minimum atomic E-state index is -0.118. The fraction of sp³-hybridized carbons (Fsp3) is 0.211. The van der Waals surface area contributed by atoms with E-state index in [1.165, 1.54) is 0 Å². The molecule has 5 heteroatoms. The number of aromatic nitrogens is 3. The molecule has 0 bridgehead atoms. The van der Waals surface area contributed by atoms with E-state index in [2.05, 4.69) is 21.9 Å². The first-order valence-electron chi connectivity index (χ1n) is 7.75. The predicted molar refractivity (Wildman–Crippen MR) is 92.6 cm³/mol. The Morgan fingerprint density at radius 3 is 2.62 bits per heavy atom. The van der Waals surface area contributed by atoms with Crippen molar-refractivity contribution in [1.82, 2.24) is 19.5 Å². The van der Waals surface area contributed by atoms with Gasteiger partial charge in [-0.15, -0.1) is 0 Å². The fourth-order valence-electron chi connectivity index (χ4n) is 2.13. The maximum absolute atomic E-state index is 12.3. The number of hydrogen-bond donors (Lipinski definition) is 0. The molecule has 0 aliphatic heterocycles. The third kappa shape index (κ3) is 3.28. The number of nitrogens with zero attached hydrogens (tertiary/aromatic N) is 4. The summed E-state index contributed by atoms with van der Waals surface area (Å²) in [5, 5.41) is 4.29. The van der Waals surface area contributed by atoms with Gasteiger partial charge in [-0.25, -0.2) is 9.50 Å². The summed E-state index contributed by atoms with van der Waals surface area (Å²) < 4.78 is 1.59. The first kappa shape index (κ1) is 15.8. The highest BCUT2D eigenvalue weighted by Crippen LogP contribution is 2.09. The van der Waals surface area contributed by atoms with E-state index in [4.69, 9.17) is 0 Å². The molecule has 24 heavy (non-hydrogen) atoms. The van der Waals surface area contributed by atoms with Gasteiger partial charge >= 0.3 is 0 Å². The van der Waals surface area contributed by atoms with Gasteiger partial charge in [-0.05, 0) is 38.0 Å². The van der Waals surface area contributed by atoms with Crippen molar-refractivity contribution in [2.45, 2.75) is 19.9 Å². The van der Waals surface area contributed by atoms with Crippen molar-refractivity contribution >= 4 is 11.6 Å². The molecule has 0 fully saturated rings. The second-order valence-electron chi connectivity index (χ2n) is 5.77. The number of rotatable bonds is 2. The van der Waals surface area contributed by atoms with Crippen LogP contribution >= 0.6 is 0 Å². The van der Waals surface area contributed by atoms with E-state index in [-0.39, 0.29) is 11.9 Å². The summed E-state index contributed by atoms with van der Waals surface area (Å²) in [7, 11) is 1.77. The molecule has 0 atom stereocenters. The van der Waals surface area contributed by atoms with Crippen molar-refractivity contribution in [3.8, 4) is 11.8 Å². The normalized spacial score (nSPS) is 10.5. The molecule has 0 saturated heterocycles. The monoisotopic (exact) mass is 318 g/mol. The highest BCUT2D eigenvalue weighted by Gasteiger charge is 2.18. The highest BCUT2D eigenvalue weighted by atomic mass is 16.2. The topological polar surface area (TPSA) is 50.5 Å². The number of carbonyl (C=O) groups is 1. The van der Waals surface area contributed by atoms with Crippen molar-refractivity contribution in [3.05, 3.63) is 65.6 Å². The van der Waals surface area contributed by atoms with Gasteiger partial charge in [0.05, 0.1) is 0 Å². The van der Waals surface area contributed by atoms with Gasteiger partial charge in [0.25, 0.3) is 5.91 Å². The first-order valence-corrected chi connectivity index (χ1v) is 7.75. The van der Waals surface area contributed by atoms with E-state index >= 15 is 0 Å². The standard InChI is InChI=1S/C19H18N4O/c1-14(2)22(3)19(24)17-13-18-20-16(11-12-23(18)21-17)10-9-15-7-5-4-6-8-15/h4-8,11-14H,1-3H3. The van der Waals surface area contributed by atoms with Crippen LogP contribution in [0.4, 0.5) is 0 Å². The lowest BCUT2D eigenvalue weighted by atomic mass is 10.2. The maximum Gasteiger partial charge on any atom is 0.274 e. The van der Waals surface area contributed by atoms with Crippen LogP contribution in [-0.4, -0.2) is 38.5 Å². The van der Waals surface area contributed by atoms with E-state index in [9.17, 15) is 4.79 Å². The number of benzene rings is 1. The maximum atomic E-state index is 12.3. The third-order valence-corrected chi connectivity index (χ3v) is 3.75. The Hall–Kier alpha value is -3.13. The Morgan fingerprint density at radius 2 is 1.92 bits per heavy atom. The Balaban J connectivity index is 1.90. The van der Waals surface area contributed by atoms with Crippen molar-refractivity contribution in [1.29, 1.82) is 0 Å².